The lowest BCUT2D eigenvalue weighted by molar-refractivity contribution is -0.139. The van der Waals surface area contributed by atoms with Crippen LogP contribution in [0.1, 0.15) is 15.9 Å². The molecule has 0 saturated heterocycles. The van der Waals surface area contributed by atoms with E-state index < -0.39 is 17.6 Å². The minimum Gasteiger partial charge on any atom is -0.298 e. The van der Waals surface area contributed by atoms with Crippen molar-refractivity contribution in [1.82, 2.24) is 0 Å². The lowest BCUT2D eigenvalue weighted by Crippen LogP contribution is -2.08. The standard InChI is InChI=1S/C18H10F4O/c19-17-8-6-12(9-16(17)18(20,21)22)14-7-5-11-3-1-2-4-13(11)15(14)10-23/h1-10H. The van der Waals surface area contributed by atoms with Gasteiger partial charge in [-0.05, 0) is 34.0 Å². The van der Waals surface area contributed by atoms with Crippen LogP contribution in [0.3, 0.4) is 0 Å². The number of hydrogen-bond donors (Lipinski definition) is 0. The van der Waals surface area contributed by atoms with Crippen molar-refractivity contribution in [2.75, 3.05) is 0 Å². The second-order valence-electron chi connectivity index (χ2n) is 5.06. The van der Waals surface area contributed by atoms with Crippen LogP contribution in [0.25, 0.3) is 21.9 Å². The Morgan fingerprint density at radius 1 is 0.913 bits per heavy atom. The highest BCUT2D eigenvalue weighted by Gasteiger charge is 2.34. The number of halogens is 4. The van der Waals surface area contributed by atoms with Crippen LogP contribution in [0.2, 0.25) is 0 Å². The van der Waals surface area contributed by atoms with E-state index >= 15 is 0 Å². The van der Waals surface area contributed by atoms with Gasteiger partial charge in [-0.25, -0.2) is 4.39 Å². The van der Waals surface area contributed by atoms with E-state index in [1.807, 2.05) is 0 Å². The molecule has 116 valence electrons. The molecule has 1 nitrogen and oxygen atoms in total. The van der Waals surface area contributed by atoms with E-state index in [-0.39, 0.29) is 11.1 Å². The third kappa shape index (κ3) is 2.70. The fourth-order valence-electron chi connectivity index (χ4n) is 2.58. The van der Waals surface area contributed by atoms with Crippen LogP contribution >= 0.6 is 0 Å². The Labute approximate surface area is 129 Å². The highest BCUT2D eigenvalue weighted by Crippen LogP contribution is 2.36. The quantitative estimate of drug-likeness (QED) is 0.452. The van der Waals surface area contributed by atoms with Gasteiger partial charge in [-0.1, -0.05) is 42.5 Å². The molecular formula is C18H10F4O. The number of alkyl halides is 3. The van der Waals surface area contributed by atoms with Gasteiger partial charge < -0.3 is 0 Å². The van der Waals surface area contributed by atoms with Gasteiger partial charge in [0.2, 0.25) is 0 Å². The molecule has 0 fully saturated rings. The summed E-state index contributed by atoms with van der Waals surface area (Å²) in [5.41, 5.74) is -0.585. The molecule has 0 heterocycles. The minimum atomic E-state index is -4.79. The summed E-state index contributed by atoms with van der Waals surface area (Å²) in [5, 5.41) is 1.44. The zero-order valence-electron chi connectivity index (χ0n) is 11.7. The molecule has 0 spiro atoms. The van der Waals surface area contributed by atoms with Crippen LogP contribution in [0.15, 0.2) is 54.6 Å². The van der Waals surface area contributed by atoms with E-state index in [0.29, 0.717) is 17.2 Å². The van der Waals surface area contributed by atoms with Gasteiger partial charge in [-0.3, -0.25) is 4.79 Å². The van der Waals surface area contributed by atoms with Gasteiger partial charge in [-0.2, -0.15) is 13.2 Å². The molecule has 0 amide bonds. The monoisotopic (exact) mass is 318 g/mol. The maximum atomic E-state index is 13.4. The van der Waals surface area contributed by atoms with Crippen LogP contribution in [0, 0.1) is 5.82 Å². The van der Waals surface area contributed by atoms with Crippen LogP contribution in [0.5, 0.6) is 0 Å². The number of fused-ring (bicyclic) bond motifs is 1. The first-order chi connectivity index (χ1) is 10.9. The number of rotatable bonds is 2. The molecule has 0 saturated carbocycles. The molecule has 0 N–H and O–H groups in total. The summed E-state index contributed by atoms with van der Waals surface area (Å²) in [6.45, 7) is 0. The summed E-state index contributed by atoms with van der Waals surface area (Å²) in [4.78, 5) is 11.5. The second kappa shape index (κ2) is 5.50. The van der Waals surface area contributed by atoms with Gasteiger partial charge in [0.1, 0.15) is 5.82 Å². The first kappa shape index (κ1) is 15.2. The highest BCUT2D eigenvalue weighted by atomic mass is 19.4. The average molecular weight is 318 g/mol. The van der Waals surface area contributed by atoms with Crippen molar-refractivity contribution in [3.63, 3.8) is 0 Å². The molecular weight excluding hydrogens is 308 g/mol. The van der Waals surface area contributed by atoms with Crippen molar-refractivity contribution in [3.8, 4) is 11.1 Å². The van der Waals surface area contributed by atoms with E-state index in [9.17, 15) is 22.4 Å². The SMILES string of the molecule is O=Cc1c(-c2ccc(F)c(C(F)(F)F)c2)ccc2ccccc12. The Balaban J connectivity index is 2.27. The Hall–Kier alpha value is -2.69. The third-order valence-electron chi connectivity index (χ3n) is 3.67. The van der Waals surface area contributed by atoms with E-state index in [1.165, 1.54) is 6.07 Å². The molecule has 3 aromatic rings. The van der Waals surface area contributed by atoms with E-state index in [1.54, 1.807) is 36.4 Å². The molecule has 0 aliphatic carbocycles. The molecule has 0 aliphatic rings. The summed E-state index contributed by atoms with van der Waals surface area (Å²) in [5.74, 6) is -1.34. The van der Waals surface area contributed by atoms with Crippen molar-refractivity contribution in [2.24, 2.45) is 0 Å². The molecule has 0 aromatic heterocycles. The first-order valence-electron chi connectivity index (χ1n) is 6.76. The van der Waals surface area contributed by atoms with Gasteiger partial charge in [0.15, 0.2) is 6.29 Å². The minimum absolute atomic E-state index is 0.145. The number of benzene rings is 3. The van der Waals surface area contributed by atoms with Crippen molar-refractivity contribution in [3.05, 3.63) is 71.5 Å². The maximum absolute atomic E-state index is 13.4. The lowest BCUT2D eigenvalue weighted by Gasteiger charge is -2.12. The molecule has 0 bridgehead atoms. The van der Waals surface area contributed by atoms with Crippen LogP contribution in [-0.4, -0.2) is 6.29 Å². The van der Waals surface area contributed by atoms with Gasteiger partial charge in [0.25, 0.3) is 0 Å². The van der Waals surface area contributed by atoms with Gasteiger partial charge in [-0.15, -0.1) is 0 Å². The largest absolute Gasteiger partial charge is 0.419 e. The normalized spacial score (nSPS) is 11.7. The van der Waals surface area contributed by atoms with Gasteiger partial charge in [0.05, 0.1) is 5.56 Å². The van der Waals surface area contributed by atoms with Crippen molar-refractivity contribution < 1.29 is 22.4 Å². The fourth-order valence-corrected chi connectivity index (χ4v) is 2.58. The van der Waals surface area contributed by atoms with Crippen molar-refractivity contribution >= 4 is 17.1 Å². The predicted molar refractivity (Wildman–Crippen MR) is 79.7 cm³/mol. The Bertz CT molecular complexity index is 897. The van der Waals surface area contributed by atoms with Gasteiger partial charge in [0, 0.05) is 5.56 Å². The summed E-state index contributed by atoms with van der Waals surface area (Å²) in [6.07, 6.45) is -4.19. The number of carbonyl (C=O) groups is 1. The van der Waals surface area contributed by atoms with Crippen molar-refractivity contribution in [1.29, 1.82) is 0 Å². The fraction of sp³-hybridized carbons (Fsp3) is 0.0556. The molecule has 0 radical (unpaired) electrons. The zero-order valence-corrected chi connectivity index (χ0v) is 11.7. The average Bonchev–Trinajstić information content (AvgIpc) is 2.53. The van der Waals surface area contributed by atoms with Gasteiger partial charge >= 0.3 is 6.18 Å². The van der Waals surface area contributed by atoms with E-state index in [2.05, 4.69) is 0 Å². The van der Waals surface area contributed by atoms with Crippen LogP contribution in [0.4, 0.5) is 17.6 Å². The number of hydrogen-bond acceptors (Lipinski definition) is 1. The second-order valence-corrected chi connectivity index (χ2v) is 5.06. The third-order valence-corrected chi connectivity index (χ3v) is 3.67. The summed E-state index contributed by atoms with van der Waals surface area (Å²) >= 11 is 0. The smallest absolute Gasteiger partial charge is 0.298 e. The predicted octanol–water partition coefficient (Wildman–Crippen LogP) is 5.48. The summed E-state index contributed by atoms with van der Waals surface area (Å²) < 4.78 is 52.0. The maximum Gasteiger partial charge on any atom is 0.419 e. The lowest BCUT2D eigenvalue weighted by atomic mass is 9.94. The van der Waals surface area contributed by atoms with E-state index in [0.717, 1.165) is 17.5 Å². The molecule has 3 aromatic carbocycles. The zero-order chi connectivity index (χ0) is 16.6. The molecule has 0 aliphatic heterocycles. The molecule has 3 rings (SSSR count). The number of carbonyl (C=O) groups excluding carboxylic acids is 1. The molecule has 5 heteroatoms. The molecule has 23 heavy (non-hydrogen) atoms. The number of aldehydes is 1. The van der Waals surface area contributed by atoms with Crippen LogP contribution < -0.4 is 0 Å². The molecule has 0 atom stereocenters. The Morgan fingerprint density at radius 2 is 1.65 bits per heavy atom. The Morgan fingerprint density at radius 3 is 2.35 bits per heavy atom. The topological polar surface area (TPSA) is 17.1 Å². The van der Waals surface area contributed by atoms with Crippen molar-refractivity contribution in [2.45, 2.75) is 6.18 Å². The summed E-state index contributed by atoms with van der Waals surface area (Å²) in [7, 11) is 0. The van der Waals surface area contributed by atoms with Crippen LogP contribution in [-0.2, 0) is 6.18 Å². The highest BCUT2D eigenvalue weighted by molar-refractivity contribution is 6.04. The Kier molecular flexibility index (Phi) is 3.64. The molecule has 0 unspecified atom stereocenters. The summed E-state index contributed by atoms with van der Waals surface area (Å²) in [6, 6.07) is 13.1. The van der Waals surface area contributed by atoms with E-state index in [4.69, 9.17) is 0 Å². The first-order valence-corrected chi connectivity index (χ1v) is 6.76.